The second-order valence-corrected chi connectivity index (χ2v) is 8.06. The zero-order valence-corrected chi connectivity index (χ0v) is 18.2. The number of hydrogen-bond donors (Lipinski definition) is 3. The first-order valence-electron chi connectivity index (χ1n) is 8.94. The van der Waals surface area contributed by atoms with Gasteiger partial charge >= 0.3 is 0 Å². The van der Waals surface area contributed by atoms with Gasteiger partial charge < -0.3 is 15.4 Å². The third kappa shape index (κ3) is 5.80. The fourth-order valence-electron chi connectivity index (χ4n) is 2.47. The smallest absolute Gasteiger partial charge is 0.277 e. The summed E-state index contributed by atoms with van der Waals surface area (Å²) < 4.78 is 5.07. The molecule has 2 heterocycles. The van der Waals surface area contributed by atoms with Crippen LogP contribution in [0.5, 0.6) is 5.75 Å². The van der Waals surface area contributed by atoms with Crippen LogP contribution in [0.25, 0.3) is 0 Å². The van der Waals surface area contributed by atoms with E-state index in [-0.39, 0.29) is 28.2 Å². The lowest BCUT2D eigenvalue weighted by molar-refractivity contribution is -0.114. The van der Waals surface area contributed by atoms with Crippen molar-refractivity contribution in [3.8, 4) is 5.75 Å². The maximum atomic E-state index is 12.6. The number of thiophene rings is 1. The van der Waals surface area contributed by atoms with Crippen LogP contribution in [0.2, 0.25) is 0 Å². The molecule has 160 valence electrons. The van der Waals surface area contributed by atoms with Gasteiger partial charge in [0.15, 0.2) is 22.4 Å². The molecule has 9 nitrogen and oxygen atoms in total. The Morgan fingerprint density at radius 1 is 1.16 bits per heavy atom. The summed E-state index contributed by atoms with van der Waals surface area (Å²) in [4.78, 5) is 56.0. The monoisotopic (exact) mass is 458 g/mol. The molecule has 0 saturated carbocycles. The number of hydrogen-bond acceptors (Lipinski definition) is 8. The van der Waals surface area contributed by atoms with Gasteiger partial charge in [-0.3, -0.25) is 24.2 Å². The molecule has 0 atom stereocenters. The maximum absolute atomic E-state index is 12.6. The number of ether oxygens (including phenoxy) is 1. The average Bonchev–Trinajstić information content (AvgIpc) is 3.29. The number of Topliss-reactive ketones (excluding diaryl/α,β-unsaturated/α-hetero) is 1. The Bertz CT molecular complexity index is 1160. The normalized spacial score (nSPS) is 10.4. The molecule has 3 N–H and O–H groups in total. The fraction of sp³-hybridized carbons (Fsp3) is 0.150. The Labute approximate surface area is 185 Å². The van der Waals surface area contributed by atoms with E-state index in [0.29, 0.717) is 16.2 Å². The highest BCUT2D eigenvalue weighted by atomic mass is 32.2. The van der Waals surface area contributed by atoms with Crippen molar-refractivity contribution in [1.82, 2.24) is 9.97 Å². The van der Waals surface area contributed by atoms with E-state index in [1.54, 1.807) is 41.8 Å². The molecule has 2 amide bonds. The number of benzene rings is 1. The summed E-state index contributed by atoms with van der Waals surface area (Å²) in [5.41, 5.74) is -0.347. The van der Waals surface area contributed by atoms with Crippen molar-refractivity contribution in [3.05, 3.63) is 62.6 Å². The van der Waals surface area contributed by atoms with Crippen LogP contribution in [0.3, 0.4) is 0 Å². The van der Waals surface area contributed by atoms with Crippen molar-refractivity contribution >= 4 is 52.2 Å². The molecule has 2 aromatic heterocycles. The minimum absolute atomic E-state index is 0.00960. The Morgan fingerprint density at radius 3 is 2.52 bits per heavy atom. The first-order chi connectivity index (χ1) is 14.9. The summed E-state index contributed by atoms with van der Waals surface area (Å²) in [7, 11) is 1.54. The molecule has 0 saturated heterocycles. The highest BCUT2D eigenvalue weighted by molar-refractivity contribution is 7.99. The van der Waals surface area contributed by atoms with Gasteiger partial charge in [-0.05, 0) is 35.7 Å². The molecular weight excluding hydrogens is 440 g/mol. The second kappa shape index (κ2) is 10.0. The number of aromatic nitrogens is 2. The van der Waals surface area contributed by atoms with Gasteiger partial charge in [0.25, 0.3) is 11.5 Å². The number of carbonyl (C=O) groups excluding carboxylic acids is 3. The lowest BCUT2D eigenvalue weighted by Crippen LogP contribution is -2.24. The number of nitrogens with zero attached hydrogens (tertiary/aromatic N) is 1. The maximum Gasteiger partial charge on any atom is 0.277 e. The third-order valence-corrected chi connectivity index (χ3v) is 5.67. The van der Waals surface area contributed by atoms with Gasteiger partial charge in [0.05, 0.1) is 17.7 Å². The Morgan fingerprint density at radius 2 is 1.90 bits per heavy atom. The van der Waals surface area contributed by atoms with Gasteiger partial charge in [0.2, 0.25) is 5.91 Å². The van der Waals surface area contributed by atoms with Crippen molar-refractivity contribution in [2.45, 2.75) is 12.1 Å². The van der Waals surface area contributed by atoms with Crippen molar-refractivity contribution < 1.29 is 19.1 Å². The molecular formula is C20H18N4O5S2. The van der Waals surface area contributed by atoms with Crippen LogP contribution in [0.15, 0.2) is 51.7 Å². The molecule has 11 heteroatoms. The number of ketones is 1. The van der Waals surface area contributed by atoms with Crippen LogP contribution in [0.4, 0.5) is 11.5 Å². The van der Waals surface area contributed by atoms with E-state index in [0.717, 1.165) is 11.8 Å². The van der Waals surface area contributed by atoms with E-state index in [9.17, 15) is 19.2 Å². The Balaban J connectivity index is 1.78. The van der Waals surface area contributed by atoms with Crippen molar-refractivity contribution in [3.63, 3.8) is 0 Å². The van der Waals surface area contributed by atoms with E-state index in [1.165, 1.54) is 25.4 Å². The lowest BCUT2D eigenvalue weighted by Gasteiger charge is -2.11. The van der Waals surface area contributed by atoms with Gasteiger partial charge in [-0.25, -0.2) is 4.98 Å². The number of H-pyrrole nitrogens is 1. The highest BCUT2D eigenvalue weighted by Gasteiger charge is 2.18. The van der Waals surface area contributed by atoms with E-state index >= 15 is 0 Å². The van der Waals surface area contributed by atoms with E-state index < -0.39 is 17.4 Å². The molecule has 0 aliphatic rings. The number of amides is 2. The first-order valence-corrected chi connectivity index (χ1v) is 10.8. The van der Waals surface area contributed by atoms with Gasteiger partial charge in [-0.15, -0.1) is 11.3 Å². The summed E-state index contributed by atoms with van der Waals surface area (Å²) in [5, 5.41) is 6.78. The summed E-state index contributed by atoms with van der Waals surface area (Å²) in [6.07, 6.45) is 0. The van der Waals surface area contributed by atoms with E-state index in [2.05, 4.69) is 20.6 Å². The van der Waals surface area contributed by atoms with Crippen molar-refractivity contribution in [2.75, 3.05) is 23.5 Å². The molecule has 31 heavy (non-hydrogen) atoms. The quantitative estimate of drug-likeness (QED) is 0.269. The molecule has 3 aromatic rings. The molecule has 0 aliphatic carbocycles. The zero-order chi connectivity index (χ0) is 22.4. The zero-order valence-electron chi connectivity index (χ0n) is 16.6. The molecule has 1 aromatic carbocycles. The largest absolute Gasteiger partial charge is 0.497 e. The SMILES string of the molecule is COc1ccc(C(=O)CSc2nc(NC(C)=O)c(NC(=O)c3cccs3)c(=O)[nH]2)cc1. The van der Waals surface area contributed by atoms with Crippen LogP contribution < -0.4 is 20.9 Å². The van der Waals surface area contributed by atoms with Crippen LogP contribution in [-0.2, 0) is 4.79 Å². The number of anilines is 2. The van der Waals surface area contributed by atoms with Gasteiger partial charge in [0, 0.05) is 12.5 Å². The van der Waals surface area contributed by atoms with Gasteiger partial charge in [0.1, 0.15) is 5.75 Å². The fourth-order valence-corrected chi connectivity index (χ4v) is 3.85. The third-order valence-electron chi connectivity index (χ3n) is 3.93. The molecule has 0 spiro atoms. The predicted octanol–water partition coefficient (Wildman–Crippen LogP) is 3.03. The average molecular weight is 459 g/mol. The minimum Gasteiger partial charge on any atom is -0.497 e. The number of carbonyl (C=O) groups is 3. The summed E-state index contributed by atoms with van der Waals surface area (Å²) in [6, 6.07) is 9.95. The summed E-state index contributed by atoms with van der Waals surface area (Å²) in [6.45, 7) is 1.26. The van der Waals surface area contributed by atoms with Gasteiger partial charge in [-0.1, -0.05) is 17.8 Å². The molecule has 0 fully saturated rings. The van der Waals surface area contributed by atoms with Crippen LogP contribution >= 0.6 is 23.1 Å². The number of thioether (sulfide) groups is 1. The molecule has 0 aliphatic heterocycles. The van der Waals surface area contributed by atoms with Crippen LogP contribution in [0.1, 0.15) is 27.0 Å². The lowest BCUT2D eigenvalue weighted by atomic mass is 10.1. The molecule has 0 unspecified atom stereocenters. The van der Waals surface area contributed by atoms with E-state index in [4.69, 9.17) is 4.74 Å². The summed E-state index contributed by atoms with van der Waals surface area (Å²) >= 11 is 2.21. The Kier molecular flexibility index (Phi) is 7.21. The Hall–Kier alpha value is -3.44. The molecule has 3 rings (SSSR count). The number of aromatic amines is 1. The standard InChI is InChI=1S/C20H18N4O5S2/c1-11(25)21-17-16(22-18(27)15-4-3-9-30-15)19(28)24-20(23-17)31-10-14(26)12-5-7-13(29-2)8-6-12/h3-9H,10H2,1-2H3,(H,22,27)(H2,21,23,24,25,28). The summed E-state index contributed by atoms with van der Waals surface area (Å²) in [5.74, 6) is -0.586. The second-order valence-electron chi connectivity index (χ2n) is 6.15. The van der Waals surface area contributed by atoms with Crippen molar-refractivity contribution in [1.29, 1.82) is 0 Å². The molecule has 0 bridgehead atoms. The van der Waals surface area contributed by atoms with Crippen LogP contribution in [-0.4, -0.2) is 40.4 Å². The number of rotatable bonds is 8. The number of methoxy groups -OCH3 is 1. The van der Waals surface area contributed by atoms with Gasteiger partial charge in [-0.2, -0.15) is 0 Å². The minimum atomic E-state index is -0.650. The highest BCUT2D eigenvalue weighted by Crippen LogP contribution is 2.22. The van der Waals surface area contributed by atoms with Crippen molar-refractivity contribution in [2.24, 2.45) is 0 Å². The van der Waals surface area contributed by atoms with Crippen LogP contribution in [0, 0.1) is 0 Å². The number of nitrogens with one attached hydrogen (secondary N) is 3. The van der Waals surface area contributed by atoms with E-state index in [1.807, 2.05) is 0 Å². The first kappa shape index (κ1) is 22.2. The molecule has 0 radical (unpaired) electrons. The predicted molar refractivity (Wildman–Crippen MR) is 119 cm³/mol. The topological polar surface area (TPSA) is 130 Å².